The molecule has 1 saturated heterocycles. The lowest BCUT2D eigenvalue weighted by Gasteiger charge is -2.22. The smallest absolute Gasteiger partial charge is 0.253 e. The molecule has 3 rings (SSSR count). The molecule has 1 amide bonds. The number of hydrogen-bond acceptors (Lipinski definition) is 4. The van der Waals surface area contributed by atoms with Crippen LogP contribution in [0.2, 0.25) is 0 Å². The fraction of sp³-hybridized carbons (Fsp3) is 0.647. The van der Waals surface area contributed by atoms with E-state index >= 15 is 0 Å². The van der Waals surface area contributed by atoms with Gasteiger partial charge in [-0.05, 0) is 37.8 Å². The Balaban J connectivity index is 1.48. The first-order valence-corrected chi connectivity index (χ1v) is 8.43. The second-order valence-electron chi connectivity index (χ2n) is 6.26. The van der Waals surface area contributed by atoms with Crippen LogP contribution < -0.4 is 10.6 Å². The Hall–Kier alpha value is -1.62. The van der Waals surface area contributed by atoms with Crippen LogP contribution in [0.1, 0.15) is 55.3 Å². The normalized spacial score (nSPS) is 22.5. The molecule has 0 radical (unpaired) electrons. The van der Waals surface area contributed by atoms with Gasteiger partial charge >= 0.3 is 0 Å². The zero-order valence-electron chi connectivity index (χ0n) is 13.0. The summed E-state index contributed by atoms with van der Waals surface area (Å²) >= 11 is 0. The van der Waals surface area contributed by atoms with Crippen molar-refractivity contribution in [2.75, 3.05) is 18.5 Å². The van der Waals surface area contributed by atoms with Gasteiger partial charge in [0.1, 0.15) is 5.82 Å². The average Bonchev–Trinajstić information content (AvgIpc) is 3.08. The maximum atomic E-state index is 12.2. The predicted molar refractivity (Wildman–Crippen MR) is 86.0 cm³/mol. The third kappa shape index (κ3) is 4.19. The molecule has 2 N–H and O–H groups in total. The van der Waals surface area contributed by atoms with Crippen molar-refractivity contribution in [3.8, 4) is 0 Å². The Labute approximate surface area is 131 Å². The molecule has 0 aromatic carbocycles. The van der Waals surface area contributed by atoms with Gasteiger partial charge < -0.3 is 15.4 Å². The number of anilines is 1. The van der Waals surface area contributed by atoms with Crippen LogP contribution in [0.3, 0.4) is 0 Å². The van der Waals surface area contributed by atoms with E-state index in [0.29, 0.717) is 11.6 Å². The Morgan fingerprint density at radius 2 is 2.05 bits per heavy atom. The second-order valence-corrected chi connectivity index (χ2v) is 6.26. The molecule has 1 aromatic heterocycles. The number of nitrogens with zero attached hydrogens (tertiary/aromatic N) is 1. The van der Waals surface area contributed by atoms with Crippen molar-refractivity contribution in [2.45, 2.75) is 57.1 Å². The minimum atomic E-state index is -0.00919. The molecule has 0 bridgehead atoms. The minimum Gasteiger partial charge on any atom is -0.376 e. The van der Waals surface area contributed by atoms with Crippen molar-refractivity contribution >= 4 is 11.7 Å². The Morgan fingerprint density at radius 1 is 1.18 bits per heavy atom. The minimum absolute atomic E-state index is 0.00919. The highest BCUT2D eigenvalue weighted by molar-refractivity contribution is 5.94. The van der Waals surface area contributed by atoms with Gasteiger partial charge in [-0.15, -0.1) is 0 Å². The summed E-state index contributed by atoms with van der Waals surface area (Å²) in [6, 6.07) is 4.03. The molecule has 5 nitrogen and oxygen atoms in total. The van der Waals surface area contributed by atoms with Crippen LogP contribution in [0.5, 0.6) is 0 Å². The third-order valence-corrected chi connectivity index (χ3v) is 4.50. The molecule has 0 spiro atoms. The number of amides is 1. The van der Waals surface area contributed by atoms with E-state index in [1.807, 2.05) is 12.1 Å². The number of carbonyl (C=O) groups is 1. The molecular formula is C17H25N3O2. The van der Waals surface area contributed by atoms with Gasteiger partial charge in [0.05, 0.1) is 11.7 Å². The van der Waals surface area contributed by atoms with Gasteiger partial charge in [-0.1, -0.05) is 19.3 Å². The monoisotopic (exact) mass is 303 g/mol. The number of hydrogen-bond donors (Lipinski definition) is 2. The van der Waals surface area contributed by atoms with E-state index in [2.05, 4.69) is 15.6 Å². The lowest BCUT2D eigenvalue weighted by molar-refractivity contribution is 0.0927. The average molecular weight is 303 g/mol. The van der Waals surface area contributed by atoms with Crippen molar-refractivity contribution in [3.63, 3.8) is 0 Å². The summed E-state index contributed by atoms with van der Waals surface area (Å²) in [5, 5.41) is 6.38. The number of aromatic nitrogens is 1. The summed E-state index contributed by atoms with van der Waals surface area (Å²) in [6.45, 7) is 1.64. The fourth-order valence-corrected chi connectivity index (χ4v) is 3.17. The van der Waals surface area contributed by atoms with Crippen molar-refractivity contribution in [1.82, 2.24) is 10.3 Å². The maximum Gasteiger partial charge on any atom is 0.253 e. The summed E-state index contributed by atoms with van der Waals surface area (Å²) in [5.74, 6) is 0.787. The van der Waals surface area contributed by atoms with Crippen LogP contribution in [0.25, 0.3) is 0 Å². The molecule has 2 fully saturated rings. The molecule has 1 saturated carbocycles. The van der Waals surface area contributed by atoms with Crippen LogP contribution in [0, 0.1) is 0 Å². The lowest BCUT2D eigenvalue weighted by atomic mass is 9.95. The van der Waals surface area contributed by atoms with Gasteiger partial charge in [0.25, 0.3) is 5.91 Å². The standard InChI is InChI=1S/C17H25N3O2/c21-17(20-14-5-2-1-3-6-14)13-8-9-16(18-11-13)19-12-15-7-4-10-22-15/h8-9,11,14-15H,1-7,10,12H2,(H,18,19)(H,20,21). The molecular weight excluding hydrogens is 278 g/mol. The summed E-state index contributed by atoms with van der Waals surface area (Å²) in [5.41, 5.74) is 0.633. The summed E-state index contributed by atoms with van der Waals surface area (Å²) in [4.78, 5) is 16.5. The zero-order chi connectivity index (χ0) is 15.2. The van der Waals surface area contributed by atoms with E-state index in [0.717, 1.165) is 44.7 Å². The van der Waals surface area contributed by atoms with Crippen molar-refractivity contribution in [1.29, 1.82) is 0 Å². The molecule has 1 atom stereocenters. The largest absolute Gasteiger partial charge is 0.376 e. The summed E-state index contributed by atoms with van der Waals surface area (Å²) < 4.78 is 5.57. The Bertz CT molecular complexity index is 477. The first kappa shape index (κ1) is 15.3. The zero-order valence-corrected chi connectivity index (χ0v) is 13.0. The van der Waals surface area contributed by atoms with Crippen LogP contribution >= 0.6 is 0 Å². The van der Waals surface area contributed by atoms with Crippen molar-refractivity contribution in [2.24, 2.45) is 0 Å². The summed E-state index contributed by atoms with van der Waals surface area (Å²) in [6.07, 6.45) is 10.1. The van der Waals surface area contributed by atoms with Gasteiger partial charge in [-0.3, -0.25) is 4.79 Å². The van der Waals surface area contributed by atoms with Crippen LogP contribution in [-0.2, 0) is 4.74 Å². The number of rotatable bonds is 5. The molecule has 22 heavy (non-hydrogen) atoms. The highest BCUT2D eigenvalue weighted by Crippen LogP contribution is 2.18. The van der Waals surface area contributed by atoms with Crippen LogP contribution in [-0.4, -0.2) is 36.2 Å². The number of carbonyl (C=O) groups excluding carboxylic acids is 1. The SMILES string of the molecule is O=C(NC1CCCCC1)c1ccc(NCC2CCCO2)nc1. The van der Waals surface area contributed by atoms with Crippen molar-refractivity contribution < 1.29 is 9.53 Å². The topological polar surface area (TPSA) is 63.2 Å². The number of nitrogens with one attached hydrogen (secondary N) is 2. The predicted octanol–water partition coefficient (Wildman–Crippen LogP) is 2.74. The maximum absolute atomic E-state index is 12.2. The first-order valence-electron chi connectivity index (χ1n) is 8.43. The van der Waals surface area contributed by atoms with E-state index in [-0.39, 0.29) is 12.0 Å². The Kier molecular flexibility index (Phi) is 5.27. The van der Waals surface area contributed by atoms with Gasteiger partial charge in [-0.2, -0.15) is 0 Å². The van der Waals surface area contributed by atoms with E-state index < -0.39 is 0 Å². The van der Waals surface area contributed by atoms with E-state index in [1.165, 1.54) is 19.3 Å². The van der Waals surface area contributed by atoms with Gasteiger partial charge in [0, 0.05) is 25.4 Å². The quantitative estimate of drug-likeness (QED) is 0.878. The molecule has 120 valence electrons. The van der Waals surface area contributed by atoms with Crippen molar-refractivity contribution in [3.05, 3.63) is 23.9 Å². The summed E-state index contributed by atoms with van der Waals surface area (Å²) in [7, 11) is 0. The molecule has 2 heterocycles. The molecule has 1 aliphatic heterocycles. The van der Waals surface area contributed by atoms with Crippen LogP contribution in [0.15, 0.2) is 18.3 Å². The molecule has 5 heteroatoms. The molecule has 1 aromatic rings. The van der Waals surface area contributed by atoms with Gasteiger partial charge in [0.2, 0.25) is 0 Å². The van der Waals surface area contributed by atoms with E-state index in [9.17, 15) is 4.79 Å². The number of pyridine rings is 1. The highest BCUT2D eigenvalue weighted by atomic mass is 16.5. The lowest BCUT2D eigenvalue weighted by Crippen LogP contribution is -2.36. The highest BCUT2D eigenvalue weighted by Gasteiger charge is 2.17. The molecule has 2 aliphatic rings. The Morgan fingerprint density at radius 3 is 2.73 bits per heavy atom. The third-order valence-electron chi connectivity index (χ3n) is 4.50. The van der Waals surface area contributed by atoms with Gasteiger partial charge in [-0.25, -0.2) is 4.98 Å². The molecule has 1 unspecified atom stereocenters. The van der Waals surface area contributed by atoms with E-state index in [4.69, 9.17) is 4.74 Å². The second kappa shape index (κ2) is 7.58. The van der Waals surface area contributed by atoms with Gasteiger partial charge in [0.15, 0.2) is 0 Å². The fourth-order valence-electron chi connectivity index (χ4n) is 3.17. The van der Waals surface area contributed by atoms with E-state index in [1.54, 1.807) is 6.20 Å². The number of ether oxygens (including phenoxy) is 1. The van der Waals surface area contributed by atoms with Crippen LogP contribution in [0.4, 0.5) is 5.82 Å². The first-order chi connectivity index (χ1) is 10.8. The molecule has 1 aliphatic carbocycles.